The minimum atomic E-state index is -3.61. The maximum Gasteiger partial charge on any atom is 0.0725 e. The summed E-state index contributed by atoms with van der Waals surface area (Å²) in [6, 6.07) is -57.1. The smallest absolute Gasteiger partial charge is 0.0725 e. The van der Waals surface area contributed by atoms with Crippen molar-refractivity contribution in [2.24, 2.45) is 0 Å². The molecule has 0 radical (unpaired) electrons. The third-order valence-electron chi connectivity index (χ3n) is 13.0. The second-order valence-corrected chi connectivity index (χ2v) is 16.3. The Morgan fingerprint density at radius 3 is 1.37 bits per heavy atom. The van der Waals surface area contributed by atoms with E-state index in [2.05, 4.69) is 0 Å². The summed E-state index contributed by atoms with van der Waals surface area (Å²) in [7, 11) is 0. The van der Waals surface area contributed by atoms with Crippen LogP contribution in [0.25, 0.3) is 66.4 Å². The summed E-state index contributed by atoms with van der Waals surface area (Å²) in [5, 5.41) is -1.63. The van der Waals surface area contributed by atoms with Crippen molar-refractivity contribution in [3.63, 3.8) is 0 Å². The first-order valence-electron chi connectivity index (χ1n) is 44.7. The molecule has 0 amide bonds. The van der Waals surface area contributed by atoms with Crippen LogP contribution in [0.5, 0.6) is 0 Å². The van der Waals surface area contributed by atoms with Crippen LogP contribution in [0.1, 0.15) is 108 Å². The molecule has 0 saturated heterocycles. The Bertz CT molecular complexity index is 6660. The fourth-order valence-corrected chi connectivity index (χ4v) is 10.2. The van der Waals surface area contributed by atoms with E-state index in [1.807, 2.05) is 0 Å². The summed E-state index contributed by atoms with van der Waals surface area (Å²) in [4.78, 5) is 0.175. The van der Waals surface area contributed by atoms with Crippen LogP contribution in [0.2, 0.25) is 0 Å². The minimum absolute atomic E-state index is 0.175. The van der Waals surface area contributed by atoms with E-state index in [-0.39, 0.29) is 4.90 Å². The van der Waals surface area contributed by atoms with E-state index < -0.39 is 417 Å². The van der Waals surface area contributed by atoms with E-state index in [1.165, 1.54) is 0 Å². The van der Waals surface area contributed by atoms with Crippen molar-refractivity contribution >= 4 is 27.8 Å². The van der Waals surface area contributed by atoms with Gasteiger partial charge in [0.05, 0.1) is 79.6 Å². The number of hydrogen-bond acceptors (Lipinski definition) is 1. The highest BCUT2D eigenvalue weighted by molar-refractivity contribution is 6.06. The second kappa shape index (κ2) is 16.1. The molecule has 0 atom stereocenters. The lowest BCUT2D eigenvalue weighted by Crippen LogP contribution is -2.28. The lowest BCUT2D eigenvalue weighted by Gasteiger charge is -2.34. The lowest BCUT2D eigenvalue weighted by molar-refractivity contribution is 0.768. The van der Waals surface area contributed by atoms with Crippen LogP contribution in [-0.2, 0) is 10.8 Å². The Labute approximate surface area is 491 Å². The molecule has 1 nitrogen and oxygen atoms in total. The highest BCUT2D eigenvalue weighted by atomic mass is 15.1. The Balaban J connectivity index is 1.16. The molecular formula is C72H47N. The van der Waals surface area contributed by atoms with Crippen molar-refractivity contribution in [1.29, 1.82) is 0 Å². The summed E-state index contributed by atoms with van der Waals surface area (Å²) in [6.07, 6.45) is 0. The standard InChI is InChI=1S/C72H47N/c1-4-22-51(23-5-1)71(52-24-6-2-7-25-52)65-36-19-15-32-61(65)70-66(71)37-20-38-68(70)73(53-26-8-3-9-27-53)54-43-39-49(40-44-54)56-45-41-48-21-10-11-28-55(48)69(56)50-42-46-60-59-31-14-18-35-64(59)72(67(60)47-50)62-33-16-12-29-57(62)58-30-13-17-34-63(58)72/h1-47H/i1D,2D,3D,4D,5D,6D,7D,8D,9D,10D,11D,12D,13D,14D,15D,16D,17D,18D,19D,20D,21D,22D,23D,24D,25D,26D,27D,28D,29D,30D,31D,32D,33D,34D,35D,36D,37D,38D,39D,40D,42D,43D,44D,45D,46D,47D. The molecule has 15 rings (SSSR count). The fraction of sp³-hybridized carbons (Fsp3) is 0.0278. The molecule has 0 bridgehead atoms. The zero-order chi connectivity index (χ0) is 88.1. The number of fused-ring (bicyclic) bond motifs is 14. The molecule has 3 aliphatic carbocycles. The number of nitrogens with zero attached hydrogens (tertiary/aromatic N) is 1. The summed E-state index contributed by atoms with van der Waals surface area (Å²) < 4.78 is 440. The van der Waals surface area contributed by atoms with E-state index >= 15 is 0 Å². The van der Waals surface area contributed by atoms with Gasteiger partial charge in [0.2, 0.25) is 0 Å². The van der Waals surface area contributed by atoms with Gasteiger partial charge in [-0.1, -0.05) is 248 Å². The summed E-state index contributed by atoms with van der Waals surface area (Å²) in [6.45, 7) is 0. The molecule has 0 aromatic heterocycles. The molecule has 12 aromatic carbocycles. The van der Waals surface area contributed by atoms with E-state index in [0.717, 1.165) is 0 Å². The third kappa shape index (κ3) is 5.79. The van der Waals surface area contributed by atoms with Gasteiger partial charge in [0, 0.05) is 16.9 Å². The first kappa shape index (κ1) is 16.4. The van der Waals surface area contributed by atoms with Crippen LogP contribution in [0, 0.1) is 0 Å². The summed E-state index contributed by atoms with van der Waals surface area (Å²) in [5.74, 6) is 0. The SMILES string of the molecule is [2H]c1cc2c([2H])c([2H])c([2H])c([2H])c2c(-c2c([2H])c([2H])c3c(c2[2H])C2(c4c([2H])c([2H])c([2H])c([2H])c4-c4c([2H])c([2H])c([2H])c([2H])c42)c2c([2H])c([2H])c([2H])c([2H])c2-3)c1-c1c([2H])c([2H])c(N(c2c([2H])c([2H])c([2H])c([2H])c2[2H])c2c([2H])c([2H])c([2H])c3c2-c2c([2H])c([2H])c([2H])c([2H])c2C3(c2c([2H])c([2H])c([2H])c([2H])c2[2H])c2c([2H])c([2H])c([2H])c([2H])c2[2H])c([2H])c1[2H]. The molecule has 0 fully saturated rings. The van der Waals surface area contributed by atoms with Crippen molar-refractivity contribution in [2.45, 2.75) is 10.8 Å². The van der Waals surface area contributed by atoms with Crippen molar-refractivity contribution in [3.05, 3.63) is 329 Å². The monoisotopic (exact) mass is 972 g/mol. The van der Waals surface area contributed by atoms with Crippen molar-refractivity contribution in [3.8, 4) is 55.6 Å². The number of anilines is 3. The van der Waals surface area contributed by atoms with Crippen LogP contribution < -0.4 is 4.90 Å². The molecule has 1 spiro atoms. The summed E-state index contributed by atoms with van der Waals surface area (Å²) >= 11 is 0. The Morgan fingerprint density at radius 2 is 0.753 bits per heavy atom. The third-order valence-corrected chi connectivity index (χ3v) is 13.0. The van der Waals surface area contributed by atoms with Gasteiger partial charge in [-0.05, 0) is 142 Å². The first-order chi connectivity index (χ1) is 55.4. The largest absolute Gasteiger partial charge is 0.310 e. The molecule has 340 valence electrons. The van der Waals surface area contributed by atoms with Crippen molar-refractivity contribution in [1.82, 2.24) is 0 Å². The van der Waals surface area contributed by atoms with Crippen molar-refractivity contribution < 1.29 is 63.1 Å². The zero-order valence-corrected chi connectivity index (χ0v) is 36.5. The maximum absolute atomic E-state index is 10.9. The van der Waals surface area contributed by atoms with E-state index in [0.29, 0.717) is 6.07 Å². The van der Waals surface area contributed by atoms with Crippen LogP contribution in [0.15, 0.2) is 284 Å². The molecule has 0 N–H and O–H groups in total. The topological polar surface area (TPSA) is 3.24 Å². The number of hydrogen-bond donors (Lipinski definition) is 0. The molecule has 0 saturated carbocycles. The average molecular weight is 972 g/mol. The van der Waals surface area contributed by atoms with Crippen molar-refractivity contribution in [2.75, 3.05) is 4.90 Å². The van der Waals surface area contributed by atoms with Gasteiger partial charge in [-0.2, -0.15) is 0 Å². The van der Waals surface area contributed by atoms with Gasteiger partial charge in [-0.25, -0.2) is 0 Å². The number of para-hydroxylation sites is 1. The maximum atomic E-state index is 10.9. The summed E-state index contributed by atoms with van der Waals surface area (Å²) in [5.41, 5.74) is -29.4. The van der Waals surface area contributed by atoms with Crippen LogP contribution in [0.3, 0.4) is 0 Å². The van der Waals surface area contributed by atoms with Gasteiger partial charge in [0.15, 0.2) is 0 Å². The molecule has 73 heavy (non-hydrogen) atoms. The molecule has 0 unspecified atom stereocenters. The molecular weight excluding hydrogens is 879 g/mol. The predicted octanol–water partition coefficient (Wildman–Crippen LogP) is 18.4. The minimum Gasteiger partial charge on any atom is -0.310 e. The first-order valence-corrected chi connectivity index (χ1v) is 21.7. The number of rotatable bonds is 7. The van der Waals surface area contributed by atoms with Gasteiger partial charge >= 0.3 is 0 Å². The van der Waals surface area contributed by atoms with E-state index in [4.69, 9.17) is 23.3 Å². The highest BCUT2D eigenvalue weighted by Gasteiger charge is 2.52. The van der Waals surface area contributed by atoms with E-state index in [9.17, 15) is 39.8 Å². The Hall–Kier alpha value is -9.30. The van der Waals surface area contributed by atoms with Gasteiger partial charge < -0.3 is 4.90 Å². The molecule has 0 heterocycles. The molecule has 1 heteroatoms. The lowest BCUT2D eigenvalue weighted by atomic mass is 9.68. The van der Waals surface area contributed by atoms with E-state index in [1.54, 1.807) is 0 Å². The van der Waals surface area contributed by atoms with Gasteiger partial charge in [-0.3, -0.25) is 0 Å². The Morgan fingerprint density at radius 1 is 0.288 bits per heavy atom. The normalized spacial score (nSPS) is 22.5. The van der Waals surface area contributed by atoms with Crippen LogP contribution in [0.4, 0.5) is 17.1 Å². The fourth-order valence-electron chi connectivity index (χ4n) is 10.2. The second-order valence-electron chi connectivity index (χ2n) is 16.3. The van der Waals surface area contributed by atoms with Crippen LogP contribution in [-0.4, -0.2) is 0 Å². The highest BCUT2D eigenvalue weighted by Crippen LogP contribution is 2.64. The Kier molecular flexibility index (Phi) is 3.61. The molecule has 0 aliphatic heterocycles. The molecule has 12 aromatic rings. The number of benzene rings is 12. The van der Waals surface area contributed by atoms with Crippen LogP contribution >= 0.6 is 0 Å². The van der Waals surface area contributed by atoms with Gasteiger partial charge in [0.25, 0.3) is 0 Å². The quantitative estimate of drug-likeness (QED) is 0.154. The zero-order valence-electron chi connectivity index (χ0n) is 82.5. The molecule has 3 aliphatic rings. The van der Waals surface area contributed by atoms with Gasteiger partial charge in [0.1, 0.15) is 0 Å². The predicted molar refractivity (Wildman–Crippen MR) is 303 cm³/mol. The average Bonchev–Trinajstić information content (AvgIpc) is 1.48. The van der Waals surface area contributed by atoms with Gasteiger partial charge in [-0.15, -0.1) is 0 Å².